The van der Waals surface area contributed by atoms with Gasteiger partial charge in [-0.25, -0.2) is 0 Å². The lowest BCUT2D eigenvalue weighted by molar-refractivity contribution is -0.307. The summed E-state index contributed by atoms with van der Waals surface area (Å²) >= 11 is 0. The van der Waals surface area contributed by atoms with Gasteiger partial charge in [-0.2, -0.15) is 0 Å². The van der Waals surface area contributed by atoms with Gasteiger partial charge in [-0.15, -0.1) is 0 Å². The molecule has 2 heterocycles. The van der Waals surface area contributed by atoms with Crippen LogP contribution in [-0.2, 0) is 10.8 Å². The third-order valence-electron chi connectivity index (χ3n) is 22.6. The van der Waals surface area contributed by atoms with Crippen molar-refractivity contribution in [3.63, 3.8) is 0 Å². The van der Waals surface area contributed by atoms with Crippen molar-refractivity contribution in [2.75, 3.05) is 9.80 Å². The lowest BCUT2D eigenvalue weighted by atomic mass is 9.21. The molecule has 11 aliphatic rings. The summed E-state index contributed by atoms with van der Waals surface area (Å²) in [4.78, 5) is 5.40. The van der Waals surface area contributed by atoms with Crippen LogP contribution >= 0.6 is 0 Å². The van der Waals surface area contributed by atoms with Crippen LogP contribution in [0.2, 0.25) is 0 Å². The first-order valence-corrected chi connectivity index (χ1v) is 31.8. The van der Waals surface area contributed by atoms with Gasteiger partial charge in [0.05, 0.1) is 22.7 Å². The first kappa shape index (κ1) is 45.8. The maximum atomic E-state index is 2.71. The SMILES string of the molecule is C[C@@H]1CC2C[C@@H](C1)C[C@@H](C)C21c2ccccc2N(c2cc(-c3cccc([Si](c4ccccc4)(c4ccccc4)c4ccccc4)c3)cc(N3c4ccccc4C4(c5ccccc53)C3CC56C[C@@H](C[C@H]4C5)C36)c2)c2ccccc21. The van der Waals surface area contributed by atoms with Gasteiger partial charge in [-0.1, -0.05) is 202 Å². The number of nitrogens with zero attached hydrogens (tertiary/aromatic N) is 2. The van der Waals surface area contributed by atoms with Gasteiger partial charge in [0.1, 0.15) is 0 Å². The highest BCUT2D eigenvalue weighted by molar-refractivity contribution is 7.19. The van der Waals surface area contributed by atoms with Gasteiger partial charge < -0.3 is 9.80 Å². The summed E-state index contributed by atoms with van der Waals surface area (Å²) in [5, 5.41) is 5.56. The van der Waals surface area contributed by atoms with Crippen LogP contribution in [0.4, 0.5) is 34.1 Å². The molecule has 0 radical (unpaired) electrons. The molecular formula is C75H68N2Si. The van der Waals surface area contributed by atoms with Gasteiger partial charge in [0.25, 0.3) is 0 Å². The van der Waals surface area contributed by atoms with E-state index in [-0.39, 0.29) is 10.8 Å². The largest absolute Gasteiger partial charge is 0.310 e. The molecule has 9 saturated carbocycles. The van der Waals surface area contributed by atoms with E-state index in [4.69, 9.17) is 0 Å². The van der Waals surface area contributed by atoms with Crippen LogP contribution in [0, 0.1) is 52.8 Å². The van der Waals surface area contributed by atoms with Gasteiger partial charge in [0.2, 0.25) is 0 Å². The highest BCUT2D eigenvalue weighted by Gasteiger charge is 2.79. The summed E-state index contributed by atoms with van der Waals surface area (Å²) in [7, 11) is -2.85. The van der Waals surface area contributed by atoms with Crippen LogP contribution in [0.1, 0.15) is 87.5 Å². The molecule has 3 spiro atoms. The predicted molar refractivity (Wildman–Crippen MR) is 325 cm³/mol. The number of fused-ring (bicyclic) bond motifs is 9. The van der Waals surface area contributed by atoms with E-state index in [2.05, 4.69) is 254 Å². The fraction of sp³-hybridized carbons (Fsp3) is 0.280. The fourth-order valence-corrected chi connectivity index (χ4v) is 25.3. The summed E-state index contributed by atoms with van der Waals surface area (Å²) in [5.74, 6) is 5.92. The van der Waals surface area contributed by atoms with Crippen molar-refractivity contribution in [3.8, 4) is 11.1 Å². The Morgan fingerprint density at radius 3 is 1.37 bits per heavy atom. The number of anilines is 6. The first-order chi connectivity index (χ1) is 38.4. The molecule has 9 aromatic rings. The maximum absolute atomic E-state index is 2.85. The van der Waals surface area contributed by atoms with E-state index in [1.165, 1.54) is 128 Å². The van der Waals surface area contributed by atoms with E-state index >= 15 is 0 Å². The Hall–Kier alpha value is -7.20. The van der Waals surface area contributed by atoms with Crippen molar-refractivity contribution < 1.29 is 0 Å². The van der Waals surface area contributed by atoms with Gasteiger partial charge >= 0.3 is 0 Å². The second-order valence-electron chi connectivity index (χ2n) is 26.0. The van der Waals surface area contributed by atoms with Crippen LogP contribution in [-0.4, -0.2) is 8.07 Å². The standard InChI is InChI=1S/C75H68N2Si/c1-49-37-51-39-50(2)74(55(38-49)40-51)63-29-12-16-33-68(63)76(69-34-17-13-30-64(69)74)57-42-53(52-21-20-28-62(44-52)78(59-22-6-3-7-23-59,60-24-8-4-9-25-60)61-26-10-5-11-27-61)43-58(45-57)77-70-35-18-14-31-65(70)75(66-32-15-19-36-71(66)77)56-41-54-46-73(47-56)48-67(75)72(54)73/h3-36,42-45,49-51,54-56,67,72H,37-41,46-48H2,1-2H3/t49-,50+,51-,54+,55?,56-,67?,72?,73?/m0/s1. The molecule has 2 nitrogen and oxygen atoms in total. The van der Waals surface area contributed by atoms with Crippen molar-refractivity contribution >= 4 is 62.9 Å². The maximum Gasteiger partial charge on any atom is 0.179 e. The highest BCUT2D eigenvalue weighted by atomic mass is 28.3. The number of hydrogen-bond donors (Lipinski definition) is 0. The molecule has 382 valence electrons. The number of benzene rings is 9. The molecule has 4 unspecified atom stereocenters. The van der Waals surface area contributed by atoms with Gasteiger partial charge in [-0.05, 0) is 201 Å². The average molecular weight is 1030 g/mol. The minimum atomic E-state index is -2.85. The molecule has 20 rings (SSSR count). The molecule has 9 aromatic carbocycles. The van der Waals surface area contributed by atoms with Crippen molar-refractivity contribution in [3.05, 3.63) is 253 Å². The third kappa shape index (κ3) is 5.89. The smallest absolute Gasteiger partial charge is 0.179 e. The minimum absolute atomic E-state index is 0.0491. The van der Waals surface area contributed by atoms with E-state index in [1.54, 1.807) is 11.1 Å². The second kappa shape index (κ2) is 16.7. The quantitative estimate of drug-likeness (QED) is 0.116. The second-order valence-corrected chi connectivity index (χ2v) is 29.8. The van der Waals surface area contributed by atoms with Crippen molar-refractivity contribution in [1.29, 1.82) is 0 Å². The molecule has 9 atom stereocenters. The third-order valence-corrected chi connectivity index (χ3v) is 27.4. The predicted octanol–water partition coefficient (Wildman–Crippen LogP) is 16.0. The van der Waals surface area contributed by atoms with Crippen LogP contribution in [0.5, 0.6) is 0 Å². The number of para-hydroxylation sites is 4. The molecule has 78 heavy (non-hydrogen) atoms. The zero-order valence-corrected chi connectivity index (χ0v) is 46.1. The lowest BCUT2D eigenvalue weighted by Crippen LogP contribution is -2.77. The van der Waals surface area contributed by atoms with Crippen molar-refractivity contribution in [2.24, 2.45) is 52.8 Å². The Morgan fingerprint density at radius 2 is 0.872 bits per heavy atom. The molecule has 9 fully saturated rings. The van der Waals surface area contributed by atoms with Gasteiger partial charge in [-0.3, -0.25) is 0 Å². The number of rotatable bonds is 7. The Balaban J connectivity index is 0.916. The normalized spacial score (nSPS) is 27.7. The zero-order chi connectivity index (χ0) is 51.5. The zero-order valence-electron chi connectivity index (χ0n) is 45.1. The van der Waals surface area contributed by atoms with E-state index in [1.807, 2.05) is 0 Å². The summed E-state index contributed by atoms with van der Waals surface area (Å²) in [6.07, 6.45) is 11.0. The topological polar surface area (TPSA) is 6.48 Å². The fourth-order valence-electron chi connectivity index (χ4n) is 20.5. The van der Waals surface area contributed by atoms with E-state index in [0.29, 0.717) is 23.2 Å². The highest BCUT2D eigenvalue weighted by Crippen LogP contribution is 2.86. The first-order valence-electron chi connectivity index (χ1n) is 29.8. The molecule has 3 heteroatoms. The van der Waals surface area contributed by atoms with Gasteiger partial charge in [0.15, 0.2) is 8.07 Å². The summed E-state index contributed by atoms with van der Waals surface area (Å²) in [6.45, 7) is 5.14. The minimum Gasteiger partial charge on any atom is -0.310 e. The molecule has 7 bridgehead atoms. The van der Waals surface area contributed by atoms with E-state index in [9.17, 15) is 0 Å². The Bertz CT molecular complexity index is 3640. The number of hydrogen-bond acceptors (Lipinski definition) is 2. The average Bonchev–Trinajstić information content (AvgIpc) is 0.966. The molecule has 0 aromatic heterocycles. The molecular weight excluding hydrogens is 957 g/mol. The van der Waals surface area contributed by atoms with Crippen molar-refractivity contribution in [1.82, 2.24) is 0 Å². The molecule has 9 aliphatic carbocycles. The monoisotopic (exact) mass is 1020 g/mol. The Labute approximate surface area is 462 Å². The van der Waals surface area contributed by atoms with E-state index < -0.39 is 8.07 Å². The molecule has 0 saturated heterocycles. The van der Waals surface area contributed by atoms with Crippen LogP contribution in [0.25, 0.3) is 11.1 Å². The van der Waals surface area contributed by atoms with Crippen LogP contribution in [0.15, 0.2) is 231 Å². The van der Waals surface area contributed by atoms with Crippen molar-refractivity contribution in [2.45, 2.75) is 76.0 Å². The summed E-state index contributed by atoms with van der Waals surface area (Å²) in [5.41, 5.74) is 17.1. The Morgan fingerprint density at radius 1 is 0.385 bits per heavy atom. The van der Waals surface area contributed by atoms with E-state index in [0.717, 1.165) is 29.6 Å². The Kier molecular flexibility index (Phi) is 9.78. The molecule has 0 amide bonds. The lowest BCUT2D eigenvalue weighted by Gasteiger charge is -2.83. The molecule has 2 aliphatic heterocycles. The molecule has 0 N–H and O–H groups in total. The van der Waals surface area contributed by atoms with Crippen LogP contribution in [0.3, 0.4) is 0 Å². The summed E-state index contributed by atoms with van der Waals surface area (Å²) < 4.78 is 0. The van der Waals surface area contributed by atoms with Gasteiger partial charge in [0, 0.05) is 22.2 Å². The summed E-state index contributed by atoms with van der Waals surface area (Å²) in [6, 6.07) is 90.5. The van der Waals surface area contributed by atoms with Crippen LogP contribution < -0.4 is 30.5 Å².